The van der Waals surface area contributed by atoms with Gasteiger partial charge in [0, 0.05) is 5.02 Å². The van der Waals surface area contributed by atoms with E-state index < -0.39 is 0 Å². The molecule has 2 aromatic carbocycles. The number of hydrogen-bond donors (Lipinski definition) is 1. The molecule has 128 valence electrons. The zero-order valence-electron chi connectivity index (χ0n) is 14.6. The Hall–Kier alpha value is -2.20. The molecule has 0 bridgehead atoms. The smallest absolute Gasteiger partial charge is 0.259 e. The Kier molecular flexibility index (Phi) is 5.40. The van der Waals surface area contributed by atoms with E-state index in [-0.39, 0.29) is 11.3 Å². The van der Waals surface area contributed by atoms with E-state index in [1.807, 2.05) is 18.2 Å². The van der Waals surface area contributed by atoms with Crippen molar-refractivity contribution < 1.29 is 14.3 Å². The topological polar surface area (TPSA) is 47.6 Å². The van der Waals surface area contributed by atoms with Gasteiger partial charge >= 0.3 is 0 Å². The first-order valence-corrected chi connectivity index (χ1v) is 7.97. The average molecular weight is 348 g/mol. The first-order chi connectivity index (χ1) is 11.3. The maximum atomic E-state index is 12.7. The van der Waals surface area contributed by atoms with Gasteiger partial charge in [0.25, 0.3) is 5.91 Å². The molecule has 0 saturated heterocycles. The number of benzene rings is 2. The molecule has 0 aliphatic rings. The van der Waals surface area contributed by atoms with E-state index in [4.69, 9.17) is 21.1 Å². The van der Waals surface area contributed by atoms with Gasteiger partial charge in [0.1, 0.15) is 11.5 Å². The van der Waals surface area contributed by atoms with Crippen molar-refractivity contribution in [3.63, 3.8) is 0 Å². The van der Waals surface area contributed by atoms with Gasteiger partial charge in [-0.3, -0.25) is 4.79 Å². The van der Waals surface area contributed by atoms with E-state index in [2.05, 4.69) is 26.1 Å². The molecule has 2 aromatic rings. The third-order valence-corrected chi connectivity index (χ3v) is 3.95. The van der Waals surface area contributed by atoms with Crippen LogP contribution in [0, 0.1) is 0 Å². The second-order valence-corrected chi connectivity index (χ2v) is 6.90. The first-order valence-electron chi connectivity index (χ1n) is 7.59. The quantitative estimate of drug-likeness (QED) is 0.855. The van der Waals surface area contributed by atoms with Gasteiger partial charge < -0.3 is 14.8 Å². The number of rotatable bonds is 4. The molecule has 0 fully saturated rings. The maximum absolute atomic E-state index is 12.7. The number of amides is 1. The Morgan fingerprint density at radius 1 is 1.00 bits per heavy atom. The molecule has 0 aromatic heterocycles. The molecule has 0 radical (unpaired) electrons. The van der Waals surface area contributed by atoms with E-state index in [1.54, 1.807) is 25.3 Å². The van der Waals surface area contributed by atoms with Crippen molar-refractivity contribution in [3.05, 3.63) is 52.5 Å². The standard InChI is InChI=1S/C19H22ClNO3/c1-19(2,3)12-6-8-17(24-5)15(10-12)21-18(22)14-11-13(20)7-9-16(14)23-4/h6-11H,1-5H3,(H,21,22). The van der Waals surface area contributed by atoms with Crippen molar-refractivity contribution in [2.24, 2.45) is 0 Å². The Labute approximate surface area is 147 Å². The molecule has 0 heterocycles. The number of ether oxygens (including phenoxy) is 2. The van der Waals surface area contributed by atoms with Crippen LogP contribution in [0.4, 0.5) is 5.69 Å². The number of carbonyl (C=O) groups excluding carboxylic acids is 1. The van der Waals surface area contributed by atoms with Crippen LogP contribution in [0.1, 0.15) is 36.7 Å². The zero-order chi connectivity index (χ0) is 17.9. The number of methoxy groups -OCH3 is 2. The summed E-state index contributed by atoms with van der Waals surface area (Å²) in [6.07, 6.45) is 0. The molecular formula is C19H22ClNO3. The van der Waals surface area contributed by atoms with Crippen LogP contribution in [0.25, 0.3) is 0 Å². The predicted octanol–water partition coefficient (Wildman–Crippen LogP) is 4.91. The predicted molar refractivity (Wildman–Crippen MR) is 97.7 cm³/mol. The summed E-state index contributed by atoms with van der Waals surface area (Å²) >= 11 is 6.00. The van der Waals surface area contributed by atoms with Gasteiger partial charge in [-0.1, -0.05) is 38.4 Å². The number of halogens is 1. The van der Waals surface area contributed by atoms with Gasteiger partial charge in [-0.2, -0.15) is 0 Å². The van der Waals surface area contributed by atoms with Crippen molar-refractivity contribution in [2.75, 3.05) is 19.5 Å². The fourth-order valence-corrected chi connectivity index (χ4v) is 2.49. The molecular weight excluding hydrogens is 326 g/mol. The number of carbonyl (C=O) groups is 1. The summed E-state index contributed by atoms with van der Waals surface area (Å²) in [5.41, 5.74) is 2.03. The Morgan fingerprint density at radius 3 is 2.21 bits per heavy atom. The van der Waals surface area contributed by atoms with Crippen LogP contribution < -0.4 is 14.8 Å². The number of anilines is 1. The molecule has 5 heteroatoms. The first kappa shape index (κ1) is 18.1. The third-order valence-electron chi connectivity index (χ3n) is 3.72. The van der Waals surface area contributed by atoms with Crippen LogP contribution in [-0.2, 0) is 5.41 Å². The van der Waals surface area contributed by atoms with Crippen molar-refractivity contribution >= 4 is 23.2 Å². The highest BCUT2D eigenvalue weighted by molar-refractivity contribution is 6.31. The highest BCUT2D eigenvalue weighted by atomic mass is 35.5. The maximum Gasteiger partial charge on any atom is 0.259 e. The summed E-state index contributed by atoms with van der Waals surface area (Å²) in [5, 5.41) is 3.36. The molecule has 2 rings (SSSR count). The molecule has 0 atom stereocenters. The summed E-state index contributed by atoms with van der Waals surface area (Å²) in [7, 11) is 3.09. The molecule has 4 nitrogen and oxygen atoms in total. The van der Waals surface area contributed by atoms with Crippen molar-refractivity contribution in [3.8, 4) is 11.5 Å². The van der Waals surface area contributed by atoms with E-state index >= 15 is 0 Å². The van der Waals surface area contributed by atoms with Crippen LogP contribution in [-0.4, -0.2) is 20.1 Å². The summed E-state index contributed by atoms with van der Waals surface area (Å²) in [5.74, 6) is 0.749. The second-order valence-electron chi connectivity index (χ2n) is 6.46. The van der Waals surface area contributed by atoms with E-state index in [9.17, 15) is 4.79 Å². The minimum atomic E-state index is -0.307. The molecule has 0 spiro atoms. The monoisotopic (exact) mass is 347 g/mol. The lowest BCUT2D eigenvalue weighted by molar-refractivity contribution is 0.102. The molecule has 0 saturated carbocycles. The number of hydrogen-bond acceptors (Lipinski definition) is 3. The van der Waals surface area contributed by atoms with Crippen molar-refractivity contribution in [1.82, 2.24) is 0 Å². The van der Waals surface area contributed by atoms with Gasteiger partial charge in [0.05, 0.1) is 25.5 Å². The highest BCUT2D eigenvalue weighted by Crippen LogP contribution is 2.32. The van der Waals surface area contributed by atoms with Crippen molar-refractivity contribution in [1.29, 1.82) is 0 Å². The van der Waals surface area contributed by atoms with E-state index in [0.717, 1.165) is 5.56 Å². The van der Waals surface area contributed by atoms with Gasteiger partial charge in [0.15, 0.2) is 0 Å². The van der Waals surface area contributed by atoms with Gasteiger partial charge in [-0.25, -0.2) is 0 Å². The number of nitrogens with one attached hydrogen (secondary N) is 1. The fraction of sp³-hybridized carbons (Fsp3) is 0.316. The molecule has 0 unspecified atom stereocenters. The minimum absolute atomic E-state index is 0.0422. The minimum Gasteiger partial charge on any atom is -0.496 e. The van der Waals surface area contributed by atoms with E-state index in [0.29, 0.717) is 27.8 Å². The van der Waals surface area contributed by atoms with Crippen LogP contribution in [0.15, 0.2) is 36.4 Å². The summed E-state index contributed by atoms with van der Waals surface area (Å²) in [4.78, 5) is 12.7. The highest BCUT2D eigenvalue weighted by Gasteiger charge is 2.19. The van der Waals surface area contributed by atoms with Gasteiger partial charge in [0.2, 0.25) is 0 Å². The average Bonchev–Trinajstić information content (AvgIpc) is 2.53. The summed E-state index contributed by atoms with van der Waals surface area (Å²) in [6, 6.07) is 10.7. The lowest BCUT2D eigenvalue weighted by Crippen LogP contribution is -2.16. The summed E-state index contributed by atoms with van der Waals surface area (Å²) in [6.45, 7) is 6.33. The van der Waals surface area contributed by atoms with Gasteiger partial charge in [-0.15, -0.1) is 0 Å². The Morgan fingerprint density at radius 2 is 1.62 bits per heavy atom. The largest absolute Gasteiger partial charge is 0.496 e. The van der Waals surface area contributed by atoms with Crippen LogP contribution in [0.5, 0.6) is 11.5 Å². The Balaban J connectivity index is 2.40. The second kappa shape index (κ2) is 7.14. The Bertz CT molecular complexity index is 751. The van der Waals surface area contributed by atoms with E-state index in [1.165, 1.54) is 7.11 Å². The fourth-order valence-electron chi connectivity index (χ4n) is 2.32. The molecule has 1 N–H and O–H groups in total. The van der Waals surface area contributed by atoms with Gasteiger partial charge in [-0.05, 0) is 41.3 Å². The molecule has 0 aliphatic heterocycles. The normalized spacial score (nSPS) is 11.1. The lowest BCUT2D eigenvalue weighted by Gasteiger charge is -2.21. The molecule has 1 amide bonds. The zero-order valence-corrected chi connectivity index (χ0v) is 15.3. The SMILES string of the molecule is COc1ccc(C(C)(C)C)cc1NC(=O)c1cc(Cl)ccc1OC. The molecule has 24 heavy (non-hydrogen) atoms. The molecule has 0 aliphatic carbocycles. The van der Waals surface area contributed by atoms with Crippen molar-refractivity contribution in [2.45, 2.75) is 26.2 Å². The van der Waals surface area contributed by atoms with Crippen LogP contribution in [0.2, 0.25) is 5.02 Å². The lowest BCUT2D eigenvalue weighted by atomic mass is 9.87. The van der Waals surface area contributed by atoms with Crippen LogP contribution >= 0.6 is 11.6 Å². The van der Waals surface area contributed by atoms with Crippen LogP contribution in [0.3, 0.4) is 0 Å². The third kappa shape index (κ3) is 4.01. The summed E-state index contributed by atoms with van der Waals surface area (Å²) < 4.78 is 10.6.